The minimum absolute atomic E-state index is 0.246. The van der Waals surface area contributed by atoms with E-state index in [2.05, 4.69) is 9.72 Å². The molecule has 0 atom stereocenters. The van der Waals surface area contributed by atoms with Crippen molar-refractivity contribution < 1.29 is 22.9 Å². The molecule has 104 valence electrons. The third kappa shape index (κ3) is 3.45. The summed E-state index contributed by atoms with van der Waals surface area (Å²) in [6.07, 6.45) is 0.862. The molecule has 1 aromatic heterocycles. The fourth-order valence-electron chi connectivity index (χ4n) is 1.14. The number of nitrogens with zero attached hydrogens (tertiary/aromatic N) is 3. The Balaban J connectivity index is 3.00. The maximum absolute atomic E-state index is 12.0. The Morgan fingerprint density at radius 1 is 1.53 bits per heavy atom. The molecule has 19 heavy (non-hydrogen) atoms. The number of esters is 1. The summed E-state index contributed by atoms with van der Waals surface area (Å²) in [6.45, 7) is -0.462. The first-order valence-corrected chi connectivity index (χ1v) is 6.36. The summed E-state index contributed by atoms with van der Waals surface area (Å²) >= 11 is 0. The molecule has 0 aliphatic carbocycles. The highest BCUT2D eigenvalue weighted by Crippen LogP contribution is 2.15. The van der Waals surface area contributed by atoms with Crippen LogP contribution in [-0.4, -0.2) is 49.3 Å². The SMILES string of the molecule is COC(=O)CN(C)S(=O)(=O)c1ccc([N+](=O)[O-])nc1. The summed E-state index contributed by atoms with van der Waals surface area (Å²) in [7, 11) is -1.62. The lowest BCUT2D eigenvalue weighted by molar-refractivity contribution is -0.389. The van der Waals surface area contributed by atoms with Crippen LogP contribution in [0.2, 0.25) is 0 Å². The summed E-state index contributed by atoms with van der Waals surface area (Å²) < 4.78 is 29.1. The fraction of sp³-hybridized carbons (Fsp3) is 0.333. The number of carbonyl (C=O) groups excluding carboxylic acids is 1. The molecule has 0 fully saturated rings. The molecule has 0 radical (unpaired) electrons. The maximum atomic E-state index is 12.0. The van der Waals surface area contributed by atoms with Gasteiger partial charge in [-0.25, -0.2) is 8.42 Å². The first kappa shape index (κ1) is 15.0. The van der Waals surface area contributed by atoms with Crippen molar-refractivity contribution >= 4 is 21.8 Å². The summed E-state index contributed by atoms with van der Waals surface area (Å²) in [5, 5.41) is 10.4. The molecule has 10 heteroatoms. The van der Waals surface area contributed by atoms with Gasteiger partial charge in [0.25, 0.3) is 0 Å². The van der Waals surface area contributed by atoms with Crippen molar-refractivity contribution in [2.45, 2.75) is 4.90 Å². The third-order valence-electron chi connectivity index (χ3n) is 2.20. The Hall–Kier alpha value is -2.07. The van der Waals surface area contributed by atoms with Gasteiger partial charge in [0.05, 0.1) is 7.11 Å². The molecule has 0 saturated carbocycles. The van der Waals surface area contributed by atoms with Gasteiger partial charge in [0.1, 0.15) is 11.4 Å². The van der Waals surface area contributed by atoms with E-state index in [1.54, 1.807) is 0 Å². The van der Waals surface area contributed by atoms with Gasteiger partial charge in [0, 0.05) is 13.1 Å². The van der Waals surface area contributed by atoms with Crippen molar-refractivity contribution in [3.63, 3.8) is 0 Å². The van der Waals surface area contributed by atoms with Crippen molar-refractivity contribution in [1.29, 1.82) is 0 Å². The zero-order valence-electron chi connectivity index (χ0n) is 10.1. The summed E-state index contributed by atoms with van der Waals surface area (Å²) in [5.74, 6) is -1.18. The zero-order valence-corrected chi connectivity index (χ0v) is 11.0. The molecule has 0 unspecified atom stereocenters. The number of sulfonamides is 1. The predicted octanol–water partition coefficient (Wildman–Crippen LogP) is -0.217. The highest BCUT2D eigenvalue weighted by atomic mass is 32.2. The number of aromatic nitrogens is 1. The molecular formula is C9H11N3O6S. The van der Waals surface area contributed by atoms with Crippen molar-refractivity contribution in [1.82, 2.24) is 9.29 Å². The van der Waals surface area contributed by atoms with Gasteiger partial charge in [-0.15, -0.1) is 0 Å². The normalized spacial score (nSPS) is 11.3. The molecule has 1 rings (SSSR count). The molecule has 0 spiro atoms. The van der Waals surface area contributed by atoms with Gasteiger partial charge in [0.2, 0.25) is 10.0 Å². The lowest BCUT2D eigenvalue weighted by Crippen LogP contribution is -2.32. The van der Waals surface area contributed by atoms with Crippen LogP contribution in [0.5, 0.6) is 0 Å². The summed E-state index contributed by atoms with van der Waals surface area (Å²) in [6, 6.07) is 2.02. The van der Waals surface area contributed by atoms with Crippen LogP contribution in [0.25, 0.3) is 0 Å². The van der Waals surface area contributed by atoms with E-state index in [1.807, 2.05) is 0 Å². The van der Waals surface area contributed by atoms with E-state index in [4.69, 9.17) is 0 Å². The highest BCUT2D eigenvalue weighted by Gasteiger charge is 2.25. The van der Waals surface area contributed by atoms with E-state index in [0.29, 0.717) is 0 Å². The van der Waals surface area contributed by atoms with Crippen molar-refractivity contribution in [2.75, 3.05) is 20.7 Å². The predicted molar refractivity (Wildman–Crippen MR) is 62.7 cm³/mol. The monoisotopic (exact) mass is 289 g/mol. The quantitative estimate of drug-likeness (QED) is 0.417. The Bertz CT molecular complexity index is 582. The van der Waals surface area contributed by atoms with Gasteiger partial charge in [-0.05, 0) is 16.0 Å². The number of pyridine rings is 1. The van der Waals surface area contributed by atoms with Crippen molar-refractivity contribution in [3.8, 4) is 0 Å². The second-order valence-corrected chi connectivity index (χ2v) is 5.49. The average molecular weight is 289 g/mol. The molecule has 1 aromatic rings. The van der Waals surface area contributed by atoms with Crippen LogP contribution in [0.3, 0.4) is 0 Å². The number of rotatable bonds is 5. The highest BCUT2D eigenvalue weighted by molar-refractivity contribution is 7.89. The molecule has 0 amide bonds. The maximum Gasteiger partial charge on any atom is 0.363 e. The Labute approximate surface area is 109 Å². The van der Waals surface area contributed by atoms with Gasteiger partial charge < -0.3 is 14.9 Å². The van der Waals surface area contributed by atoms with Gasteiger partial charge >= 0.3 is 11.8 Å². The lowest BCUT2D eigenvalue weighted by atomic mass is 10.5. The number of hydrogen-bond donors (Lipinski definition) is 0. The fourth-order valence-corrected chi connectivity index (χ4v) is 2.21. The smallest absolute Gasteiger partial charge is 0.363 e. The number of methoxy groups -OCH3 is 1. The molecule has 0 saturated heterocycles. The first-order valence-electron chi connectivity index (χ1n) is 4.92. The van der Waals surface area contributed by atoms with Gasteiger partial charge in [0.15, 0.2) is 6.20 Å². The Kier molecular flexibility index (Phi) is 4.51. The van der Waals surface area contributed by atoms with E-state index in [0.717, 1.165) is 29.7 Å². The minimum atomic E-state index is -3.94. The standard InChI is InChI=1S/C9H11N3O6S/c1-11(6-9(13)18-2)19(16,17)7-3-4-8(10-5-7)12(14)15/h3-5H,6H2,1-2H3. The van der Waals surface area contributed by atoms with Crippen molar-refractivity contribution in [2.24, 2.45) is 0 Å². The van der Waals surface area contributed by atoms with Crippen LogP contribution in [0, 0.1) is 10.1 Å². The number of likely N-dealkylation sites (N-methyl/N-ethyl adjacent to an activating group) is 1. The lowest BCUT2D eigenvalue weighted by Gasteiger charge is -2.14. The van der Waals surface area contributed by atoms with E-state index in [-0.39, 0.29) is 4.90 Å². The Morgan fingerprint density at radius 3 is 2.58 bits per heavy atom. The zero-order chi connectivity index (χ0) is 14.6. The third-order valence-corrected chi connectivity index (χ3v) is 3.98. The van der Waals surface area contributed by atoms with Crippen molar-refractivity contribution in [3.05, 3.63) is 28.4 Å². The van der Waals surface area contributed by atoms with Crippen LogP contribution in [0.1, 0.15) is 0 Å². The van der Waals surface area contributed by atoms with E-state index in [1.165, 1.54) is 7.05 Å². The molecule has 0 aromatic carbocycles. The average Bonchev–Trinajstić information content (AvgIpc) is 2.38. The molecule has 0 aliphatic heterocycles. The van der Waals surface area contributed by atoms with Crippen LogP contribution < -0.4 is 0 Å². The van der Waals surface area contributed by atoms with E-state index >= 15 is 0 Å². The van der Waals surface area contributed by atoms with Gasteiger partial charge in [-0.1, -0.05) is 0 Å². The summed E-state index contributed by atoms with van der Waals surface area (Å²) in [4.78, 5) is 23.8. The minimum Gasteiger partial charge on any atom is -0.468 e. The topological polar surface area (TPSA) is 120 Å². The Morgan fingerprint density at radius 2 is 2.16 bits per heavy atom. The molecule has 0 bridgehead atoms. The van der Waals surface area contributed by atoms with Gasteiger partial charge in [-0.2, -0.15) is 4.31 Å². The van der Waals surface area contributed by atoms with Crippen LogP contribution in [0.4, 0.5) is 5.82 Å². The number of hydrogen-bond acceptors (Lipinski definition) is 7. The molecular weight excluding hydrogens is 278 g/mol. The second-order valence-electron chi connectivity index (χ2n) is 3.45. The molecule has 9 nitrogen and oxygen atoms in total. The number of carbonyl (C=O) groups is 1. The van der Waals surface area contributed by atoms with Gasteiger partial charge in [-0.3, -0.25) is 4.79 Å². The number of ether oxygens (including phenoxy) is 1. The molecule has 0 N–H and O–H groups in total. The molecule has 1 heterocycles. The summed E-state index contributed by atoms with van der Waals surface area (Å²) in [5.41, 5.74) is 0. The largest absolute Gasteiger partial charge is 0.468 e. The van der Waals surface area contributed by atoms with Crippen LogP contribution in [-0.2, 0) is 19.6 Å². The number of nitro groups is 1. The first-order chi connectivity index (χ1) is 8.78. The van der Waals surface area contributed by atoms with Crippen LogP contribution >= 0.6 is 0 Å². The molecule has 0 aliphatic rings. The van der Waals surface area contributed by atoms with E-state index < -0.39 is 33.3 Å². The second kappa shape index (κ2) is 5.71. The van der Waals surface area contributed by atoms with Crippen LogP contribution in [0.15, 0.2) is 23.2 Å². The van der Waals surface area contributed by atoms with E-state index in [9.17, 15) is 23.3 Å².